The van der Waals surface area contributed by atoms with Gasteiger partial charge in [0.05, 0.1) is 5.69 Å². The van der Waals surface area contributed by atoms with E-state index in [2.05, 4.69) is 4.98 Å². The highest BCUT2D eigenvalue weighted by Crippen LogP contribution is 2.27. The molecule has 2 aromatic rings. The van der Waals surface area contributed by atoms with Gasteiger partial charge in [0.15, 0.2) is 0 Å². The molecule has 0 aliphatic carbocycles. The Morgan fingerprint density at radius 1 is 0.947 bits per heavy atom. The zero-order chi connectivity index (χ0) is 14.2. The fraction of sp³-hybridized carbons (Fsp3) is 0.0833. The van der Waals surface area contributed by atoms with Crippen LogP contribution in [0.15, 0.2) is 18.2 Å². The average Bonchev–Trinajstić information content (AvgIpc) is 2.36. The highest BCUT2D eigenvalue weighted by Gasteiger charge is 2.21. The summed E-state index contributed by atoms with van der Waals surface area (Å²) in [6.45, 7) is 1.62. The molecular weight excluding hydrogens is 267 g/mol. The van der Waals surface area contributed by atoms with Crippen LogP contribution in [0.5, 0.6) is 0 Å². The highest BCUT2D eigenvalue weighted by molar-refractivity contribution is 5.61. The lowest BCUT2D eigenvalue weighted by atomic mass is 10.2. The summed E-state index contributed by atoms with van der Waals surface area (Å²) in [5, 5.41) is 1.99. The first-order valence-corrected chi connectivity index (χ1v) is 5.13. The SMILES string of the molecule is Cc1ccc(F)c(Nc2c(F)c(F)nc(F)c2F)c1. The maximum absolute atomic E-state index is 13.4. The minimum absolute atomic E-state index is 0.303. The number of hydrogen-bond donors (Lipinski definition) is 1. The van der Waals surface area contributed by atoms with Gasteiger partial charge >= 0.3 is 0 Å². The van der Waals surface area contributed by atoms with E-state index in [-0.39, 0.29) is 5.69 Å². The zero-order valence-electron chi connectivity index (χ0n) is 9.57. The first-order valence-electron chi connectivity index (χ1n) is 5.13. The first-order chi connectivity index (χ1) is 8.90. The fourth-order valence-electron chi connectivity index (χ4n) is 1.47. The highest BCUT2D eigenvalue weighted by atomic mass is 19.2. The van der Waals surface area contributed by atoms with Gasteiger partial charge in [-0.25, -0.2) is 4.39 Å². The lowest BCUT2D eigenvalue weighted by Gasteiger charge is -2.10. The van der Waals surface area contributed by atoms with Gasteiger partial charge in [0.1, 0.15) is 11.5 Å². The fourth-order valence-corrected chi connectivity index (χ4v) is 1.47. The van der Waals surface area contributed by atoms with Crippen LogP contribution in [0.25, 0.3) is 0 Å². The number of aryl methyl sites for hydroxylation is 1. The van der Waals surface area contributed by atoms with Gasteiger partial charge in [0.2, 0.25) is 11.6 Å². The quantitative estimate of drug-likeness (QED) is 0.665. The molecule has 0 aliphatic heterocycles. The Kier molecular flexibility index (Phi) is 3.37. The van der Waals surface area contributed by atoms with Gasteiger partial charge in [-0.1, -0.05) is 6.07 Å². The van der Waals surface area contributed by atoms with Gasteiger partial charge < -0.3 is 5.32 Å². The van der Waals surface area contributed by atoms with Gasteiger partial charge in [-0.15, -0.1) is 0 Å². The lowest BCUT2D eigenvalue weighted by molar-refractivity contribution is 0.411. The Bertz CT molecular complexity index is 616. The van der Waals surface area contributed by atoms with E-state index >= 15 is 0 Å². The Hall–Kier alpha value is -2.18. The van der Waals surface area contributed by atoms with Crippen molar-refractivity contribution in [3.8, 4) is 0 Å². The van der Waals surface area contributed by atoms with E-state index in [4.69, 9.17) is 0 Å². The van der Waals surface area contributed by atoms with Crippen molar-refractivity contribution in [3.63, 3.8) is 0 Å². The van der Waals surface area contributed by atoms with Gasteiger partial charge in [0.25, 0.3) is 11.9 Å². The van der Waals surface area contributed by atoms with Gasteiger partial charge in [-0.05, 0) is 24.6 Å². The molecule has 0 aliphatic rings. The van der Waals surface area contributed by atoms with Crippen LogP contribution in [0.2, 0.25) is 0 Å². The number of benzene rings is 1. The third-order valence-corrected chi connectivity index (χ3v) is 2.38. The normalized spacial score (nSPS) is 10.6. The molecular formula is C12H7F5N2. The second-order valence-electron chi connectivity index (χ2n) is 3.80. The summed E-state index contributed by atoms with van der Waals surface area (Å²) in [4.78, 5) is 2.40. The maximum Gasteiger partial charge on any atom is 0.253 e. The van der Waals surface area contributed by atoms with Crippen molar-refractivity contribution < 1.29 is 22.0 Å². The van der Waals surface area contributed by atoms with Crippen molar-refractivity contribution in [3.05, 3.63) is 53.1 Å². The van der Waals surface area contributed by atoms with Crippen molar-refractivity contribution in [2.24, 2.45) is 0 Å². The Balaban J connectivity index is 2.52. The van der Waals surface area contributed by atoms with Crippen molar-refractivity contribution in [2.75, 3.05) is 5.32 Å². The smallest absolute Gasteiger partial charge is 0.253 e. The third-order valence-electron chi connectivity index (χ3n) is 2.38. The molecule has 19 heavy (non-hydrogen) atoms. The van der Waals surface area contributed by atoms with Crippen LogP contribution < -0.4 is 5.32 Å². The molecule has 0 atom stereocenters. The van der Waals surface area contributed by atoms with Gasteiger partial charge in [0, 0.05) is 0 Å². The van der Waals surface area contributed by atoms with Crippen LogP contribution in [0, 0.1) is 36.3 Å². The monoisotopic (exact) mass is 274 g/mol. The minimum Gasteiger partial charge on any atom is -0.348 e. The van der Waals surface area contributed by atoms with E-state index in [1.165, 1.54) is 12.1 Å². The van der Waals surface area contributed by atoms with Gasteiger partial charge in [-0.2, -0.15) is 22.5 Å². The molecule has 1 N–H and O–H groups in total. The molecule has 2 rings (SSSR count). The summed E-state index contributed by atoms with van der Waals surface area (Å²) >= 11 is 0. The molecule has 0 radical (unpaired) electrons. The van der Waals surface area contributed by atoms with E-state index in [0.29, 0.717) is 5.56 Å². The topological polar surface area (TPSA) is 24.9 Å². The molecule has 0 unspecified atom stereocenters. The van der Waals surface area contributed by atoms with E-state index in [1.54, 1.807) is 6.92 Å². The Labute approximate surface area is 104 Å². The summed E-state index contributed by atoms with van der Waals surface area (Å²) < 4.78 is 65.8. The van der Waals surface area contributed by atoms with Crippen molar-refractivity contribution in [1.82, 2.24) is 4.98 Å². The van der Waals surface area contributed by atoms with Crippen LogP contribution in [0.1, 0.15) is 5.56 Å². The molecule has 7 heteroatoms. The molecule has 0 saturated heterocycles. The average molecular weight is 274 g/mol. The molecule has 0 fully saturated rings. The van der Waals surface area contributed by atoms with E-state index < -0.39 is 35.0 Å². The van der Waals surface area contributed by atoms with Crippen molar-refractivity contribution in [2.45, 2.75) is 6.92 Å². The third kappa shape index (κ3) is 2.49. The molecule has 100 valence electrons. The second-order valence-corrected chi connectivity index (χ2v) is 3.80. The van der Waals surface area contributed by atoms with E-state index in [9.17, 15) is 22.0 Å². The first kappa shape index (κ1) is 13.3. The summed E-state index contributed by atoms with van der Waals surface area (Å²) in [7, 11) is 0. The molecule has 0 saturated carbocycles. The maximum atomic E-state index is 13.4. The van der Waals surface area contributed by atoms with Crippen LogP contribution >= 0.6 is 0 Å². The zero-order valence-corrected chi connectivity index (χ0v) is 9.57. The molecule has 0 bridgehead atoms. The molecule has 1 aromatic heterocycles. The molecule has 1 aromatic carbocycles. The minimum atomic E-state index is -1.81. The number of rotatable bonds is 2. The second kappa shape index (κ2) is 4.83. The number of nitrogens with zero attached hydrogens (tertiary/aromatic N) is 1. The predicted molar refractivity (Wildman–Crippen MR) is 58.5 cm³/mol. The summed E-state index contributed by atoms with van der Waals surface area (Å²) in [5.41, 5.74) is -0.836. The Morgan fingerprint density at radius 2 is 1.53 bits per heavy atom. The number of anilines is 2. The van der Waals surface area contributed by atoms with Crippen LogP contribution in [0.3, 0.4) is 0 Å². The number of nitrogens with one attached hydrogen (secondary N) is 1. The summed E-state index contributed by atoms with van der Waals surface area (Å²) in [6.07, 6.45) is 0. The number of halogens is 5. The summed E-state index contributed by atoms with van der Waals surface area (Å²) in [6, 6.07) is 3.73. The van der Waals surface area contributed by atoms with Gasteiger partial charge in [-0.3, -0.25) is 0 Å². The Morgan fingerprint density at radius 3 is 2.11 bits per heavy atom. The number of hydrogen-bond acceptors (Lipinski definition) is 2. The standard InChI is InChI=1S/C12H7F5N2/c1-5-2-3-6(13)7(4-5)18-10-8(14)11(16)19-12(17)9(10)15/h2-4H,1H3,(H,18,19). The van der Waals surface area contributed by atoms with Crippen LogP contribution in [-0.2, 0) is 0 Å². The summed E-state index contributed by atoms with van der Waals surface area (Å²) in [5.74, 6) is -7.88. The van der Waals surface area contributed by atoms with E-state index in [0.717, 1.165) is 6.07 Å². The number of pyridine rings is 1. The predicted octanol–water partition coefficient (Wildman–Crippen LogP) is 3.83. The molecule has 2 nitrogen and oxygen atoms in total. The van der Waals surface area contributed by atoms with Crippen LogP contribution in [-0.4, -0.2) is 4.98 Å². The molecule has 1 heterocycles. The van der Waals surface area contributed by atoms with Crippen molar-refractivity contribution in [1.29, 1.82) is 0 Å². The molecule has 0 amide bonds. The van der Waals surface area contributed by atoms with Crippen molar-refractivity contribution >= 4 is 11.4 Å². The number of aromatic nitrogens is 1. The molecule has 0 spiro atoms. The van der Waals surface area contributed by atoms with E-state index in [1.807, 2.05) is 5.32 Å². The largest absolute Gasteiger partial charge is 0.348 e. The lowest BCUT2D eigenvalue weighted by Crippen LogP contribution is -2.07. The van der Waals surface area contributed by atoms with Crippen LogP contribution in [0.4, 0.5) is 33.3 Å².